The van der Waals surface area contributed by atoms with Crippen molar-refractivity contribution in [3.8, 4) is 0 Å². The van der Waals surface area contributed by atoms with Gasteiger partial charge in [-0.3, -0.25) is 10.1 Å². The molecular weight excluding hydrogens is 267 g/mol. The highest BCUT2D eigenvalue weighted by atomic mass is 32.1. The Morgan fingerprint density at radius 1 is 1.42 bits per heavy atom. The second-order valence-corrected chi connectivity index (χ2v) is 4.78. The average Bonchev–Trinajstić information content (AvgIpc) is 2.92. The molecule has 0 bridgehead atoms. The molecule has 0 unspecified atom stereocenters. The number of thiazole rings is 1. The Bertz CT molecular complexity index is 764. The molecule has 0 radical (unpaired) electrons. The Hall–Kier alpha value is -2.28. The lowest BCUT2D eigenvalue weighted by Crippen LogP contribution is -2.14. The molecule has 0 saturated heterocycles. The van der Waals surface area contributed by atoms with Crippen molar-refractivity contribution in [2.75, 3.05) is 5.32 Å². The van der Waals surface area contributed by atoms with E-state index in [9.17, 15) is 9.18 Å². The summed E-state index contributed by atoms with van der Waals surface area (Å²) in [6.45, 7) is 1.89. The van der Waals surface area contributed by atoms with E-state index in [1.54, 1.807) is 10.6 Å². The van der Waals surface area contributed by atoms with E-state index in [0.717, 1.165) is 5.69 Å². The number of carbonyl (C=O) groups is 1. The van der Waals surface area contributed by atoms with E-state index >= 15 is 0 Å². The molecule has 5 nitrogen and oxygen atoms in total. The summed E-state index contributed by atoms with van der Waals surface area (Å²) in [5, 5.41) is 8.53. The number of hydrogen-bond acceptors (Lipinski definition) is 4. The number of fused-ring (bicyclic) bond motifs is 1. The van der Waals surface area contributed by atoms with Crippen LogP contribution in [0.3, 0.4) is 0 Å². The van der Waals surface area contributed by atoms with E-state index in [4.69, 9.17) is 0 Å². The van der Waals surface area contributed by atoms with Gasteiger partial charge in [-0.2, -0.15) is 4.98 Å². The second-order valence-electron chi connectivity index (χ2n) is 3.94. The number of aromatic nitrogens is 3. The summed E-state index contributed by atoms with van der Waals surface area (Å²) < 4.78 is 15.1. The molecule has 2 heterocycles. The maximum Gasteiger partial charge on any atom is 0.261 e. The predicted molar refractivity (Wildman–Crippen MR) is 70.0 cm³/mol. The molecule has 0 aliphatic carbocycles. The maximum atomic E-state index is 13.4. The fourth-order valence-electron chi connectivity index (χ4n) is 1.66. The third-order valence-electron chi connectivity index (χ3n) is 2.59. The number of amides is 1. The van der Waals surface area contributed by atoms with Gasteiger partial charge in [0.2, 0.25) is 4.96 Å². The molecule has 0 fully saturated rings. The number of aryl methyl sites for hydroxylation is 1. The lowest BCUT2D eigenvalue weighted by molar-refractivity contribution is 0.102. The minimum Gasteiger partial charge on any atom is -0.289 e. The van der Waals surface area contributed by atoms with Crippen molar-refractivity contribution in [2.24, 2.45) is 0 Å². The van der Waals surface area contributed by atoms with Crippen LogP contribution in [0.5, 0.6) is 0 Å². The Balaban J connectivity index is 1.88. The van der Waals surface area contributed by atoms with Crippen LogP contribution < -0.4 is 5.32 Å². The molecule has 1 N–H and O–H groups in total. The largest absolute Gasteiger partial charge is 0.289 e. The summed E-state index contributed by atoms with van der Waals surface area (Å²) in [4.78, 5) is 16.7. The molecule has 1 amide bonds. The number of halogens is 1. The number of benzene rings is 1. The molecule has 2 aromatic heterocycles. The number of nitrogens with zero attached hydrogens (tertiary/aromatic N) is 3. The van der Waals surface area contributed by atoms with Crippen LogP contribution in [0.15, 0.2) is 29.6 Å². The van der Waals surface area contributed by atoms with Crippen molar-refractivity contribution in [1.82, 2.24) is 14.6 Å². The summed E-state index contributed by atoms with van der Waals surface area (Å²) >= 11 is 1.42. The Labute approximate surface area is 111 Å². The second kappa shape index (κ2) is 4.43. The van der Waals surface area contributed by atoms with E-state index in [1.807, 2.05) is 12.3 Å². The van der Waals surface area contributed by atoms with Crippen molar-refractivity contribution in [3.63, 3.8) is 0 Å². The normalized spacial score (nSPS) is 10.8. The maximum absolute atomic E-state index is 13.4. The van der Waals surface area contributed by atoms with Crippen molar-refractivity contribution in [3.05, 3.63) is 46.7 Å². The molecule has 96 valence electrons. The van der Waals surface area contributed by atoms with E-state index in [2.05, 4.69) is 15.4 Å². The molecule has 19 heavy (non-hydrogen) atoms. The Kier molecular flexibility index (Phi) is 2.75. The van der Waals surface area contributed by atoms with Gasteiger partial charge in [-0.15, -0.1) is 16.4 Å². The zero-order valence-electron chi connectivity index (χ0n) is 9.92. The molecule has 1 aromatic carbocycles. The van der Waals surface area contributed by atoms with Gasteiger partial charge in [-0.05, 0) is 19.1 Å². The average molecular weight is 276 g/mol. The molecular formula is C12H9FN4OS. The van der Waals surface area contributed by atoms with Crippen molar-refractivity contribution < 1.29 is 9.18 Å². The summed E-state index contributed by atoms with van der Waals surface area (Å²) in [6, 6.07) is 5.77. The summed E-state index contributed by atoms with van der Waals surface area (Å²) in [7, 11) is 0. The summed E-state index contributed by atoms with van der Waals surface area (Å²) in [5.74, 6) is -0.964. The number of carbonyl (C=O) groups excluding carboxylic acids is 1. The van der Waals surface area contributed by atoms with Crippen LogP contribution in [0.2, 0.25) is 0 Å². The van der Waals surface area contributed by atoms with E-state index in [-0.39, 0.29) is 11.5 Å². The molecule has 7 heteroatoms. The first kappa shape index (κ1) is 11.8. The minimum atomic E-state index is -0.572. The monoisotopic (exact) mass is 276 g/mol. The van der Waals surface area contributed by atoms with Gasteiger partial charge in [0.1, 0.15) is 5.82 Å². The lowest BCUT2D eigenvalue weighted by Gasteiger charge is -2.01. The van der Waals surface area contributed by atoms with Gasteiger partial charge < -0.3 is 0 Å². The number of rotatable bonds is 2. The van der Waals surface area contributed by atoms with Gasteiger partial charge >= 0.3 is 0 Å². The first-order valence-electron chi connectivity index (χ1n) is 5.52. The fourth-order valence-corrected chi connectivity index (χ4v) is 2.46. The first-order chi connectivity index (χ1) is 9.15. The fraction of sp³-hybridized carbons (Fsp3) is 0.0833. The third kappa shape index (κ3) is 2.08. The van der Waals surface area contributed by atoms with Crippen molar-refractivity contribution in [2.45, 2.75) is 6.92 Å². The van der Waals surface area contributed by atoms with Crippen molar-refractivity contribution in [1.29, 1.82) is 0 Å². The van der Waals surface area contributed by atoms with Crippen LogP contribution in [0, 0.1) is 12.7 Å². The van der Waals surface area contributed by atoms with Gasteiger partial charge in [-0.25, -0.2) is 8.91 Å². The van der Waals surface area contributed by atoms with Gasteiger partial charge in [0.25, 0.3) is 11.9 Å². The van der Waals surface area contributed by atoms with Gasteiger partial charge in [-0.1, -0.05) is 12.1 Å². The quantitative estimate of drug-likeness (QED) is 0.782. The standard InChI is InChI=1S/C12H9FN4OS/c1-7-6-19-12-15-11(16-17(7)12)14-10(18)8-4-2-3-5-9(8)13/h2-6H,1H3,(H,14,16,18). The van der Waals surface area contributed by atoms with Gasteiger partial charge in [0.15, 0.2) is 0 Å². The number of hydrogen-bond donors (Lipinski definition) is 1. The molecule has 3 rings (SSSR count). The SMILES string of the molecule is Cc1csc2nc(NC(=O)c3ccccc3F)nn12. The molecule has 0 saturated carbocycles. The Morgan fingerprint density at radius 2 is 2.21 bits per heavy atom. The van der Waals surface area contributed by atoms with Gasteiger partial charge in [0, 0.05) is 5.38 Å². The highest BCUT2D eigenvalue weighted by Crippen LogP contribution is 2.16. The highest BCUT2D eigenvalue weighted by Gasteiger charge is 2.14. The predicted octanol–water partition coefficient (Wildman–Crippen LogP) is 2.49. The molecule has 3 aromatic rings. The van der Waals surface area contributed by atoms with Crippen LogP contribution in [-0.4, -0.2) is 20.5 Å². The smallest absolute Gasteiger partial charge is 0.261 e. The highest BCUT2D eigenvalue weighted by molar-refractivity contribution is 7.15. The summed E-state index contributed by atoms with van der Waals surface area (Å²) in [6.07, 6.45) is 0. The minimum absolute atomic E-state index is 0.0302. The lowest BCUT2D eigenvalue weighted by atomic mass is 10.2. The molecule has 0 aliphatic rings. The van der Waals surface area contributed by atoms with Crippen LogP contribution in [-0.2, 0) is 0 Å². The molecule has 0 atom stereocenters. The van der Waals surface area contributed by atoms with E-state index in [0.29, 0.717) is 4.96 Å². The van der Waals surface area contributed by atoms with Crippen molar-refractivity contribution >= 4 is 28.2 Å². The van der Waals surface area contributed by atoms with E-state index in [1.165, 1.54) is 29.5 Å². The number of anilines is 1. The third-order valence-corrected chi connectivity index (χ3v) is 3.52. The topological polar surface area (TPSA) is 59.3 Å². The van der Waals surface area contributed by atoms with Crippen LogP contribution in [0.25, 0.3) is 4.96 Å². The van der Waals surface area contributed by atoms with Gasteiger partial charge in [0.05, 0.1) is 11.3 Å². The Morgan fingerprint density at radius 3 is 2.95 bits per heavy atom. The van der Waals surface area contributed by atoms with E-state index < -0.39 is 11.7 Å². The van der Waals surface area contributed by atoms with Crippen LogP contribution in [0.4, 0.5) is 10.3 Å². The zero-order valence-corrected chi connectivity index (χ0v) is 10.7. The van der Waals surface area contributed by atoms with Crippen LogP contribution >= 0.6 is 11.3 Å². The molecule has 0 spiro atoms. The van der Waals surface area contributed by atoms with Crippen LogP contribution in [0.1, 0.15) is 16.1 Å². The summed E-state index contributed by atoms with van der Waals surface area (Å²) in [5.41, 5.74) is 0.899. The molecule has 0 aliphatic heterocycles. The zero-order chi connectivity index (χ0) is 13.4. The first-order valence-corrected chi connectivity index (χ1v) is 6.40. The number of nitrogens with one attached hydrogen (secondary N) is 1.